The molecule has 1 aromatic carbocycles. The van der Waals surface area contributed by atoms with Crippen LogP contribution in [0.1, 0.15) is 38.2 Å². The summed E-state index contributed by atoms with van der Waals surface area (Å²) in [6, 6.07) is 5.98. The van der Waals surface area contributed by atoms with Crippen molar-refractivity contribution in [1.82, 2.24) is 5.32 Å². The van der Waals surface area contributed by atoms with Crippen molar-refractivity contribution in [3.63, 3.8) is 0 Å². The third-order valence-corrected chi connectivity index (χ3v) is 4.67. The predicted octanol–water partition coefficient (Wildman–Crippen LogP) is 4.77. The summed E-state index contributed by atoms with van der Waals surface area (Å²) < 4.78 is 1.09. The molecule has 0 bridgehead atoms. The van der Waals surface area contributed by atoms with E-state index in [1.54, 1.807) is 0 Å². The second-order valence-electron chi connectivity index (χ2n) is 5.36. The first-order valence-corrected chi connectivity index (χ1v) is 7.41. The molecule has 1 aliphatic carbocycles. The maximum atomic E-state index is 5.93. The van der Waals surface area contributed by atoms with Crippen molar-refractivity contribution in [2.75, 3.05) is 6.54 Å². The number of hydrogen-bond acceptors (Lipinski definition) is 1. The van der Waals surface area contributed by atoms with E-state index in [9.17, 15) is 0 Å². The molecule has 1 nitrogen and oxygen atoms in total. The highest BCUT2D eigenvalue weighted by Gasteiger charge is 2.27. The first-order valence-electron chi connectivity index (χ1n) is 6.24. The molecule has 1 N–H and O–H groups in total. The number of benzene rings is 1. The summed E-state index contributed by atoms with van der Waals surface area (Å²) in [6.45, 7) is 4.42. The van der Waals surface area contributed by atoms with E-state index in [4.69, 9.17) is 11.6 Å². The maximum Gasteiger partial charge on any atom is 0.0417 e. The molecule has 0 spiro atoms. The van der Waals surface area contributed by atoms with Crippen LogP contribution in [0.2, 0.25) is 5.02 Å². The Bertz CT molecular complexity index is 386. The van der Waals surface area contributed by atoms with Gasteiger partial charge in [0.2, 0.25) is 0 Å². The Morgan fingerprint density at radius 2 is 2.06 bits per heavy atom. The lowest BCUT2D eigenvalue weighted by Crippen LogP contribution is -2.29. The van der Waals surface area contributed by atoms with Crippen molar-refractivity contribution in [2.45, 2.75) is 39.2 Å². The van der Waals surface area contributed by atoms with Gasteiger partial charge in [0.15, 0.2) is 0 Å². The maximum absolute atomic E-state index is 5.93. The molecule has 0 aliphatic heterocycles. The van der Waals surface area contributed by atoms with Crippen molar-refractivity contribution < 1.29 is 0 Å². The van der Waals surface area contributed by atoms with Gasteiger partial charge in [0.1, 0.15) is 0 Å². The largest absolute Gasteiger partial charge is 0.312 e. The van der Waals surface area contributed by atoms with Crippen LogP contribution >= 0.6 is 27.5 Å². The molecule has 1 saturated carbocycles. The fourth-order valence-electron chi connectivity index (χ4n) is 2.57. The van der Waals surface area contributed by atoms with Gasteiger partial charge in [-0.1, -0.05) is 53.4 Å². The van der Waals surface area contributed by atoms with Crippen LogP contribution in [0.15, 0.2) is 22.7 Å². The van der Waals surface area contributed by atoms with Crippen LogP contribution in [0.5, 0.6) is 0 Å². The van der Waals surface area contributed by atoms with E-state index in [0.29, 0.717) is 5.41 Å². The van der Waals surface area contributed by atoms with E-state index < -0.39 is 0 Å². The van der Waals surface area contributed by atoms with Gasteiger partial charge in [0.05, 0.1) is 0 Å². The molecule has 17 heavy (non-hydrogen) atoms. The lowest BCUT2D eigenvalue weighted by molar-refractivity contribution is 0.314. The highest BCUT2D eigenvalue weighted by Crippen LogP contribution is 2.36. The lowest BCUT2D eigenvalue weighted by Gasteiger charge is -2.24. The van der Waals surface area contributed by atoms with E-state index in [1.165, 1.54) is 31.2 Å². The van der Waals surface area contributed by atoms with Crippen LogP contribution in [0.25, 0.3) is 0 Å². The smallest absolute Gasteiger partial charge is 0.0417 e. The van der Waals surface area contributed by atoms with Gasteiger partial charge in [0, 0.05) is 22.6 Å². The summed E-state index contributed by atoms with van der Waals surface area (Å²) in [7, 11) is 0. The highest BCUT2D eigenvalue weighted by molar-refractivity contribution is 9.10. The van der Waals surface area contributed by atoms with Crippen LogP contribution in [0.3, 0.4) is 0 Å². The van der Waals surface area contributed by atoms with E-state index in [0.717, 1.165) is 22.6 Å². The lowest BCUT2D eigenvalue weighted by atomic mass is 9.89. The van der Waals surface area contributed by atoms with Gasteiger partial charge in [-0.2, -0.15) is 0 Å². The fourth-order valence-corrected chi connectivity index (χ4v) is 3.39. The number of halogens is 2. The minimum Gasteiger partial charge on any atom is -0.312 e. The van der Waals surface area contributed by atoms with Crippen molar-refractivity contribution >= 4 is 27.5 Å². The van der Waals surface area contributed by atoms with Crippen molar-refractivity contribution in [2.24, 2.45) is 5.41 Å². The summed E-state index contributed by atoms with van der Waals surface area (Å²) in [4.78, 5) is 0. The van der Waals surface area contributed by atoms with E-state index in [-0.39, 0.29) is 0 Å². The molecule has 3 heteroatoms. The van der Waals surface area contributed by atoms with Crippen LogP contribution in [-0.4, -0.2) is 6.54 Å². The van der Waals surface area contributed by atoms with E-state index in [2.05, 4.69) is 34.2 Å². The molecular weight excluding hydrogens is 298 g/mol. The third kappa shape index (κ3) is 3.70. The van der Waals surface area contributed by atoms with Crippen molar-refractivity contribution in [1.29, 1.82) is 0 Å². The Labute approximate surface area is 117 Å². The minimum atomic E-state index is 0.513. The van der Waals surface area contributed by atoms with Gasteiger partial charge in [-0.25, -0.2) is 0 Å². The molecule has 0 unspecified atom stereocenters. The number of hydrogen-bond donors (Lipinski definition) is 1. The summed E-state index contributed by atoms with van der Waals surface area (Å²) >= 11 is 9.48. The zero-order valence-corrected chi connectivity index (χ0v) is 12.6. The van der Waals surface area contributed by atoms with Gasteiger partial charge in [-0.05, 0) is 36.0 Å². The van der Waals surface area contributed by atoms with E-state index in [1.807, 2.05) is 12.1 Å². The van der Waals surface area contributed by atoms with Crippen LogP contribution in [-0.2, 0) is 6.54 Å². The van der Waals surface area contributed by atoms with Gasteiger partial charge >= 0.3 is 0 Å². The zero-order valence-electron chi connectivity index (χ0n) is 10.2. The molecule has 1 aliphatic rings. The molecule has 0 radical (unpaired) electrons. The molecule has 94 valence electrons. The predicted molar refractivity (Wildman–Crippen MR) is 77.4 cm³/mol. The Morgan fingerprint density at radius 3 is 2.71 bits per heavy atom. The minimum absolute atomic E-state index is 0.513. The van der Waals surface area contributed by atoms with Crippen LogP contribution < -0.4 is 5.32 Å². The Balaban J connectivity index is 1.85. The summed E-state index contributed by atoms with van der Waals surface area (Å²) in [5, 5.41) is 4.35. The molecule has 0 heterocycles. The molecular formula is C14H19BrClN. The molecule has 0 atom stereocenters. The topological polar surface area (TPSA) is 12.0 Å². The average molecular weight is 317 g/mol. The van der Waals surface area contributed by atoms with Crippen LogP contribution in [0, 0.1) is 5.41 Å². The Kier molecular flexibility index (Phi) is 4.51. The van der Waals surface area contributed by atoms with Gasteiger partial charge in [-0.3, -0.25) is 0 Å². The monoisotopic (exact) mass is 315 g/mol. The van der Waals surface area contributed by atoms with Gasteiger partial charge in [-0.15, -0.1) is 0 Å². The highest BCUT2D eigenvalue weighted by atomic mass is 79.9. The molecule has 0 saturated heterocycles. The van der Waals surface area contributed by atoms with Crippen LogP contribution in [0.4, 0.5) is 0 Å². The average Bonchev–Trinajstić information content (AvgIpc) is 2.69. The van der Waals surface area contributed by atoms with Gasteiger partial charge < -0.3 is 5.32 Å². The van der Waals surface area contributed by atoms with E-state index >= 15 is 0 Å². The quantitative estimate of drug-likeness (QED) is 0.843. The number of rotatable bonds is 4. The van der Waals surface area contributed by atoms with Gasteiger partial charge in [0.25, 0.3) is 0 Å². The number of nitrogens with one attached hydrogen (secondary N) is 1. The summed E-state index contributed by atoms with van der Waals surface area (Å²) in [5.41, 5.74) is 1.79. The first-order chi connectivity index (χ1) is 8.09. The second-order valence-corrected chi connectivity index (χ2v) is 6.65. The normalized spacial score (nSPS) is 18.5. The Hall–Kier alpha value is -0.0500. The van der Waals surface area contributed by atoms with Crippen molar-refractivity contribution in [3.8, 4) is 0 Å². The first kappa shape index (κ1) is 13.4. The third-order valence-electron chi connectivity index (χ3n) is 3.69. The molecule has 0 aromatic heterocycles. The SMILES string of the molecule is CC1(CNCc2ccc(Cl)cc2Br)CCCC1. The zero-order chi connectivity index (χ0) is 12.3. The standard InChI is InChI=1S/C14H19BrClN/c1-14(6-2-3-7-14)10-17-9-11-4-5-12(16)8-13(11)15/h4-5,8,17H,2-3,6-7,9-10H2,1H3. The van der Waals surface area contributed by atoms with Crippen molar-refractivity contribution in [3.05, 3.63) is 33.3 Å². The Morgan fingerprint density at radius 1 is 1.35 bits per heavy atom. The second kappa shape index (κ2) is 5.73. The molecule has 0 amide bonds. The molecule has 1 aromatic rings. The fraction of sp³-hybridized carbons (Fsp3) is 0.571. The molecule has 2 rings (SSSR count). The summed E-state index contributed by atoms with van der Waals surface area (Å²) in [6.07, 6.45) is 5.51. The molecule has 1 fully saturated rings. The summed E-state index contributed by atoms with van der Waals surface area (Å²) in [5.74, 6) is 0.